The first kappa shape index (κ1) is 18.8. The molecule has 1 aliphatic rings. The van der Waals surface area contributed by atoms with Gasteiger partial charge in [-0.2, -0.15) is 5.10 Å². The molecule has 2 heterocycles. The molecule has 1 aromatic heterocycles. The number of nitrogens with zero attached hydrogens (tertiary/aromatic N) is 2. The molecule has 0 saturated carbocycles. The summed E-state index contributed by atoms with van der Waals surface area (Å²) in [4.78, 5) is 26.2. The highest BCUT2D eigenvalue weighted by Crippen LogP contribution is 2.39. The highest BCUT2D eigenvalue weighted by molar-refractivity contribution is 9.10. The lowest BCUT2D eigenvalue weighted by molar-refractivity contribution is -0.116. The Morgan fingerprint density at radius 1 is 1.07 bits per heavy atom. The third-order valence-corrected chi connectivity index (χ3v) is 6.07. The van der Waals surface area contributed by atoms with Crippen molar-refractivity contribution in [1.29, 1.82) is 0 Å². The smallest absolute Gasteiger partial charge is 0.226 e. The number of nitrogens with one attached hydrogen (secondary N) is 1. The fourth-order valence-corrected chi connectivity index (χ4v) is 4.43. The number of halogens is 1. The molecular weight excluding hydrogens is 442 g/mol. The quantitative estimate of drug-likeness (QED) is 0.416. The largest absolute Gasteiger partial charge is 0.310 e. The summed E-state index contributed by atoms with van der Waals surface area (Å²) < 4.78 is 2.66. The first-order chi connectivity index (χ1) is 14.5. The molecule has 6 heteroatoms. The molecule has 3 aromatic carbocycles. The van der Waals surface area contributed by atoms with Crippen molar-refractivity contribution in [2.75, 3.05) is 5.32 Å². The summed E-state index contributed by atoms with van der Waals surface area (Å²) in [7, 11) is 0. The van der Waals surface area contributed by atoms with Gasteiger partial charge in [0, 0.05) is 22.0 Å². The number of aryl methyl sites for hydroxylation is 1. The summed E-state index contributed by atoms with van der Waals surface area (Å²) in [6, 6.07) is 21.2. The SMILES string of the molecule is Cc1nn(-c2ccc(Br)cc2)c2c1C(C(=O)c1cccc3ccccc13)CC(=O)N2. The van der Waals surface area contributed by atoms with E-state index in [0.29, 0.717) is 11.4 Å². The first-order valence-electron chi connectivity index (χ1n) is 9.70. The number of anilines is 1. The van der Waals surface area contributed by atoms with Gasteiger partial charge < -0.3 is 5.32 Å². The summed E-state index contributed by atoms with van der Waals surface area (Å²) in [6.45, 7) is 1.88. The van der Waals surface area contributed by atoms with Crippen molar-refractivity contribution in [3.05, 3.63) is 88.0 Å². The second-order valence-electron chi connectivity index (χ2n) is 7.43. The van der Waals surface area contributed by atoms with Crippen LogP contribution in [0.3, 0.4) is 0 Å². The molecule has 5 rings (SSSR count). The number of fused-ring (bicyclic) bond motifs is 2. The van der Waals surface area contributed by atoms with E-state index in [1.54, 1.807) is 4.68 Å². The lowest BCUT2D eigenvalue weighted by atomic mass is 9.84. The van der Waals surface area contributed by atoms with Crippen LogP contribution in [0.5, 0.6) is 0 Å². The standard InChI is InChI=1S/C24H18BrN3O2/c1-14-22-20(23(30)19-8-4-6-15-5-2-3-7-18(15)19)13-21(29)26-24(22)28(27-14)17-11-9-16(25)10-12-17/h2-12,20H,13H2,1H3,(H,26,29). The topological polar surface area (TPSA) is 64.0 Å². The van der Waals surface area contributed by atoms with Crippen molar-refractivity contribution in [2.24, 2.45) is 0 Å². The molecule has 1 unspecified atom stereocenters. The van der Waals surface area contributed by atoms with E-state index in [9.17, 15) is 9.59 Å². The summed E-state index contributed by atoms with van der Waals surface area (Å²) in [5.74, 6) is -0.228. The van der Waals surface area contributed by atoms with Crippen LogP contribution in [0.2, 0.25) is 0 Å². The normalized spacial score (nSPS) is 15.7. The molecule has 30 heavy (non-hydrogen) atoms. The second-order valence-corrected chi connectivity index (χ2v) is 8.35. The zero-order valence-electron chi connectivity index (χ0n) is 16.2. The summed E-state index contributed by atoms with van der Waals surface area (Å²) in [5, 5.41) is 9.49. The Morgan fingerprint density at radius 2 is 1.80 bits per heavy atom. The maximum Gasteiger partial charge on any atom is 0.226 e. The van der Waals surface area contributed by atoms with E-state index < -0.39 is 5.92 Å². The van der Waals surface area contributed by atoms with Crippen LogP contribution in [-0.2, 0) is 4.79 Å². The van der Waals surface area contributed by atoms with Gasteiger partial charge in [-0.15, -0.1) is 0 Å². The Hall–Kier alpha value is -3.25. The number of Topliss-reactive ketones (excluding diaryl/α,β-unsaturated/α-hetero) is 1. The minimum absolute atomic E-state index is 0.0543. The van der Waals surface area contributed by atoms with Gasteiger partial charge in [0.1, 0.15) is 5.82 Å². The predicted molar refractivity (Wildman–Crippen MR) is 120 cm³/mol. The third-order valence-electron chi connectivity index (χ3n) is 5.55. The third kappa shape index (κ3) is 3.04. The molecule has 1 N–H and O–H groups in total. The molecule has 0 bridgehead atoms. The van der Waals surface area contributed by atoms with Gasteiger partial charge in [0.2, 0.25) is 5.91 Å². The second kappa shape index (κ2) is 7.22. The monoisotopic (exact) mass is 459 g/mol. The average molecular weight is 460 g/mol. The Bertz CT molecular complexity index is 1300. The van der Waals surface area contributed by atoms with Crippen LogP contribution in [0.1, 0.15) is 34.0 Å². The molecular formula is C24H18BrN3O2. The number of ketones is 1. The lowest BCUT2D eigenvalue weighted by Crippen LogP contribution is -2.28. The molecule has 1 aliphatic heterocycles. The van der Waals surface area contributed by atoms with Crippen molar-refractivity contribution in [3.8, 4) is 5.69 Å². The molecule has 0 radical (unpaired) electrons. The molecule has 0 aliphatic carbocycles. The lowest BCUT2D eigenvalue weighted by Gasteiger charge is -2.23. The Labute approximate surface area is 181 Å². The zero-order valence-corrected chi connectivity index (χ0v) is 17.8. The maximum absolute atomic E-state index is 13.6. The number of rotatable bonds is 3. The molecule has 0 saturated heterocycles. The Kier molecular flexibility index (Phi) is 4.51. The fourth-order valence-electron chi connectivity index (χ4n) is 4.17. The number of carbonyl (C=O) groups is 2. The summed E-state index contributed by atoms with van der Waals surface area (Å²) in [5.41, 5.74) is 2.98. The highest BCUT2D eigenvalue weighted by Gasteiger charge is 2.36. The molecule has 1 amide bonds. The van der Waals surface area contributed by atoms with Gasteiger partial charge in [-0.3, -0.25) is 9.59 Å². The molecule has 1 atom stereocenters. The minimum atomic E-state index is -0.566. The predicted octanol–water partition coefficient (Wildman–Crippen LogP) is 5.41. The molecule has 0 spiro atoms. The summed E-state index contributed by atoms with van der Waals surface area (Å²) >= 11 is 3.44. The van der Waals surface area contributed by atoms with Gasteiger partial charge in [0.25, 0.3) is 0 Å². The van der Waals surface area contributed by atoms with Gasteiger partial charge in [0.05, 0.1) is 17.3 Å². The fraction of sp³-hybridized carbons (Fsp3) is 0.125. The van der Waals surface area contributed by atoms with Gasteiger partial charge in [0.15, 0.2) is 5.78 Å². The zero-order chi connectivity index (χ0) is 20.8. The number of hydrogen-bond acceptors (Lipinski definition) is 3. The molecule has 4 aromatic rings. The van der Waals surface area contributed by atoms with Gasteiger partial charge >= 0.3 is 0 Å². The number of benzene rings is 3. The van der Waals surface area contributed by atoms with E-state index in [0.717, 1.165) is 32.2 Å². The summed E-state index contributed by atoms with van der Waals surface area (Å²) in [6.07, 6.45) is 0.113. The van der Waals surface area contributed by atoms with Gasteiger partial charge in [-0.1, -0.05) is 58.4 Å². The number of hydrogen-bond donors (Lipinski definition) is 1. The minimum Gasteiger partial charge on any atom is -0.310 e. The van der Waals surface area contributed by atoms with Crippen LogP contribution in [0, 0.1) is 6.92 Å². The van der Waals surface area contributed by atoms with E-state index in [-0.39, 0.29) is 18.1 Å². The average Bonchev–Trinajstić information content (AvgIpc) is 3.09. The van der Waals surface area contributed by atoms with E-state index in [1.807, 2.05) is 73.7 Å². The highest BCUT2D eigenvalue weighted by atomic mass is 79.9. The van der Waals surface area contributed by atoms with Crippen molar-refractivity contribution >= 4 is 44.2 Å². The van der Waals surface area contributed by atoms with E-state index in [4.69, 9.17) is 0 Å². The number of aromatic nitrogens is 2. The van der Waals surface area contributed by atoms with Gasteiger partial charge in [-0.05, 0) is 42.0 Å². The van der Waals surface area contributed by atoms with E-state index in [2.05, 4.69) is 26.3 Å². The van der Waals surface area contributed by atoms with E-state index in [1.165, 1.54) is 0 Å². The van der Waals surface area contributed by atoms with Crippen LogP contribution in [0.15, 0.2) is 71.2 Å². The first-order valence-corrected chi connectivity index (χ1v) is 10.5. The van der Waals surface area contributed by atoms with Crippen LogP contribution in [-0.4, -0.2) is 21.5 Å². The maximum atomic E-state index is 13.6. The Morgan fingerprint density at radius 3 is 2.60 bits per heavy atom. The molecule has 148 valence electrons. The van der Waals surface area contributed by atoms with Crippen LogP contribution in [0.4, 0.5) is 5.82 Å². The van der Waals surface area contributed by atoms with Gasteiger partial charge in [-0.25, -0.2) is 4.68 Å². The van der Waals surface area contributed by atoms with Crippen molar-refractivity contribution in [1.82, 2.24) is 9.78 Å². The van der Waals surface area contributed by atoms with Crippen LogP contribution >= 0.6 is 15.9 Å². The van der Waals surface area contributed by atoms with Crippen molar-refractivity contribution in [2.45, 2.75) is 19.3 Å². The van der Waals surface area contributed by atoms with Crippen LogP contribution < -0.4 is 5.32 Å². The van der Waals surface area contributed by atoms with Crippen molar-refractivity contribution < 1.29 is 9.59 Å². The number of amides is 1. The molecule has 5 nitrogen and oxygen atoms in total. The van der Waals surface area contributed by atoms with Crippen molar-refractivity contribution in [3.63, 3.8) is 0 Å². The van der Waals surface area contributed by atoms with Crippen LogP contribution in [0.25, 0.3) is 16.5 Å². The Balaban J connectivity index is 1.64. The molecule has 0 fully saturated rings. The number of carbonyl (C=O) groups excluding carboxylic acids is 2. The van der Waals surface area contributed by atoms with E-state index >= 15 is 0 Å².